The van der Waals surface area contributed by atoms with Crippen molar-refractivity contribution < 1.29 is 13.5 Å². The number of nitrogens with two attached hydrogens (primary N) is 1. The van der Waals surface area contributed by atoms with E-state index >= 15 is 0 Å². The Kier molecular flexibility index (Phi) is 3.77. The maximum atomic E-state index is 12.6. The molecule has 0 aliphatic carbocycles. The molecular formula is C8H9BrF2N2O. The molecule has 0 fully saturated rings. The number of ether oxygens (including phenoxy) is 1. The van der Waals surface area contributed by atoms with E-state index in [9.17, 15) is 8.78 Å². The Hall–Kier alpha value is -0.750. The lowest BCUT2D eigenvalue weighted by Crippen LogP contribution is -2.07. The van der Waals surface area contributed by atoms with Gasteiger partial charge in [0.15, 0.2) is 0 Å². The van der Waals surface area contributed by atoms with E-state index in [1.54, 1.807) is 0 Å². The summed E-state index contributed by atoms with van der Waals surface area (Å²) in [5.41, 5.74) is 5.44. The predicted octanol–water partition coefficient (Wildman–Crippen LogP) is 2.25. The Morgan fingerprint density at radius 1 is 1.64 bits per heavy atom. The quantitative estimate of drug-likeness (QED) is 0.913. The number of methoxy groups -OCH3 is 1. The maximum absolute atomic E-state index is 12.6. The number of hydrogen-bond acceptors (Lipinski definition) is 3. The highest BCUT2D eigenvalue weighted by atomic mass is 79.9. The molecule has 0 bridgehead atoms. The topological polar surface area (TPSA) is 48.1 Å². The SMILES string of the molecule is COc1ncc(Br)c(C(F)F)c1CN. The van der Waals surface area contributed by atoms with E-state index in [1.165, 1.54) is 13.3 Å². The number of alkyl halides is 2. The molecule has 0 unspecified atom stereocenters. The first-order valence-electron chi connectivity index (χ1n) is 3.81. The number of halogens is 3. The fraction of sp³-hybridized carbons (Fsp3) is 0.375. The van der Waals surface area contributed by atoms with Crippen LogP contribution in [-0.4, -0.2) is 12.1 Å². The molecule has 0 aliphatic heterocycles. The van der Waals surface area contributed by atoms with Crippen LogP contribution < -0.4 is 10.5 Å². The minimum Gasteiger partial charge on any atom is -0.481 e. The molecule has 14 heavy (non-hydrogen) atoms. The van der Waals surface area contributed by atoms with E-state index in [4.69, 9.17) is 10.5 Å². The summed E-state index contributed by atoms with van der Waals surface area (Å²) < 4.78 is 30.3. The maximum Gasteiger partial charge on any atom is 0.265 e. The average molecular weight is 267 g/mol. The van der Waals surface area contributed by atoms with Crippen molar-refractivity contribution in [2.45, 2.75) is 13.0 Å². The minimum absolute atomic E-state index is 0.0325. The van der Waals surface area contributed by atoms with Gasteiger partial charge in [-0.2, -0.15) is 0 Å². The summed E-state index contributed by atoms with van der Waals surface area (Å²) in [5, 5.41) is 0. The van der Waals surface area contributed by atoms with Gasteiger partial charge < -0.3 is 10.5 Å². The van der Waals surface area contributed by atoms with Crippen LogP contribution in [0.4, 0.5) is 8.78 Å². The predicted molar refractivity (Wildman–Crippen MR) is 51.3 cm³/mol. The van der Waals surface area contributed by atoms with Crippen LogP contribution in [0.5, 0.6) is 5.88 Å². The highest BCUT2D eigenvalue weighted by Crippen LogP contribution is 2.33. The number of hydrogen-bond donors (Lipinski definition) is 1. The van der Waals surface area contributed by atoms with E-state index in [0.717, 1.165) is 0 Å². The molecule has 1 aromatic rings. The molecule has 6 heteroatoms. The summed E-state index contributed by atoms with van der Waals surface area (Å²) in [5.74, 6) is 0.144. The summed E-state index contributed by atoms with van der Waals surface area (Å²) in [7, 11) is 1.37. The van der Waals surface area contributed by atoms with Crippen molar-refractivity contribution in [2.24, 2.45) is 5.73 Å². The van der Waals surface area contributed by atoms with Crippen LogP contribution in [0.1, 0.15) is 17.6 Å². The molecule has 0 amide bonds. The van der Waals surface area contributed by atoms with Gasteiger partial charge in [-0.3, -0.25) is 0 Å². The van der Waals surface area contributed by atoms with Crippen LogP contribution in [0.2, 0.25) is 0 Å². The second kappa shape index (κ2) is 4.65. The first kappa shape index (κ1) is 11.3. The lowest BCUT2D eigenvalue weighted by atomic mass is 10.1. The molecule has 2 N–H and O–H groups in total. The third-order valence-corrected chi connectivity index (χ3v) is 2.38. The monoisotopic (exact) mass is 266 g/mol. The fourth-order valence-electron chi connectivity index (χ4n) is 1.13. The molecule has 0 saturated heterocycles. The summed E-state index contributed by atoms with van der Waals surface area (Å²) in [6.07, 6.45) is -1.32. The first-order valence-corrected chi connectivity index (χ1v) is 4.60. The van der Waals surface area contributed by atoms with Crippen molar-refractivity contribution in [3.05, 3.63) is 21.8 Å². The summed E-state index contributed by atoms with van der Waals surface area (Å²) in [6, 6.07) is 0. The summed E-state index contributed by atoms with van der Waals surface area (Å²) >= 11 is 3.00. The van der Waals surface area contributed by atoms with Crippen molar-refractivity contribution in [3.63, 3.8) is 0 Å². The fourth-order valence-corrected chi connectivity index (χ4v) is 1.65. The Morgan fingerprint density at radius 2 is 2.29 bits per heavy atom. The number of aromatic nitrogens is 1. The van der Waals surface area contributed by atoms with Crippen molar-refractivity contribution in [3.8, 4) is 5.88 Å². The highest BCUT2D eigenvalue weighted by Gasteiger charge is 2.20. The lowest BCUT2D eigenvalue weighted by molar-refractivity contribution is 0.148. The molecule has 3 nitrogen and oxygen atoms in total. The van der Waals surface area contributed by atoms with Crippen molar-refractivity contribution in [1.82, 2.24) is 4.98 Å². The average Bonchev–Trinajstić information content (AvgIpc) is 2.16. The van der Waals surface area contributed by atoms with Crippen LogP contribution in [0.3, 0.4) is 0 Å². The van der Waals surface area contributed by atoms with Gasteiger partial charge in [-0.15, -0.1) is 0 Å². The number of nitrogens with zero attached hydrogens (tertiary/aromatic N) is 1. The second-order valence-corrected chi connectivity index (χ2v) is 3.37. The molecule has 0 atom stereocenters. The third-order valence-electron chi connectivity index (χ3n) is 1.75. The van der Waals surface area contributed by atoms with Crippen molar-refractivity contribution >= 4 is 15.9 Å². The van der Waals surface area contributed by atoms with Gasteiger partial charge in [0.2, 0.25) is 5.88 Å². The molecule has 0 aromatic carbocycles. The lowest BCUT2D eigenvalue weighted by Gasteiger charge is -2.12. The standard InChI is InChI=1S/C8H9BrF2N2O/c1-14-8-4(2-12)6(7(10)11)5(9)3-13-8/h3,7H,2,12H2,1H3. The zero-order valence-corrected chi connectivity index (χ0v) is 9.01. The van der Waals surface area contributed by atoms with Gasteiger partial charge in [-0.25, -0.2) is 13.8 Å². The molecule has 1 aromatic heterocycles. The van der Waals surface area contributed by atoms with E-state index in [0.29, 0.717) is 0 Å². The molecule has 1 rings (SSSR count). The Morgan fingerprint density at radius 3 is 2.71 bits per heavy atom. The second-order valence-electron chi connectivity index (χ2n) is 2.51. The van der Waals surface area contributed by atoms with E-state index in [-0.39, 0.29) is 28.0 Å². The normalized spacial score (nSPS) is 10.7. The van der Waals surface area contributed by atoms with Gasteiger partial charge in [0.05, 0.1) is 7.11 Å². The van der Waals surface area contributed by atoms with Crippen LogP contribution in [0.25, 0.3) is 0 Å². The van der Waals surface area contributed by atoms with Gasteiger partial charge in [-0.05, 0) is 15.9 Å². The van der Waals surface area contributed by atoms with E-state index in [1.807, 2.05) is 0 Å². The Balaban J connectivity index is 3.35. The van der Waals surface area contributed by atoms with E-state index in [2.05, 4.69) is 20.9 Å². The number of rotatable bonds is 3. The molecule has 0 radical (unpaired) electrons. The minimum atomic E-state index is -2.60. The molecule has 0 aliphatic rings. The van der Waals surface area contributed by atoms with Crippen LogP contribution >= 0.6 is 15.9 Å². The zero-order chi connectivity index (χ0) is 10.7. The van der Waals surface area contributed by atoms with Crippen LogP contribution in [0, 0.1) is 0 Å². The molecular weight excluding hydrogens is 258 g/mol. The highest BCUT2D eigenvalue weighted by molar-refractivity contribution is 9.10. The summed E-state index contributed by atoms with van der Waals surface area (Å²) in [6.45, 7) is -0.0325. The Bertz CT molecular complexity index is 333. The van der Waals surface area contributed by atoms with Crippen LogP contribution in [-0.2, 0) is 6.54 Å². The summed E-state index contributed by atoms with van der Waals surface area (Å²) in [4.78, 5) is 3.83. The molecule has 1 heterocycles. The van der Waals surface area contributed by atoms with Gasteiger partial charge >= 0.3 is 0 Å². The Labute approximate surface area is 88.4 Å². The van der Waals surface area contributed by atoms with Crippen molar-refractivity contribution in [1.29, 1.82) is 0 Å². The van der Waals surface area contributed by atoms with Crippen molar-refractivity contribution in [2.75, 3.05) is 7.11 Å². The van der Waals surface area contributed by atoms with Gasteiger partial charge in [0, 0.05) is 28.3 Å². The molecule has 0 saturated carbocycles. The largest absolute Gasteiger partial charge is 0.481 e. The first-order chi connectivity index (χ1) is 6.61. The van der Waals surface area contributed by atoms with Crippen LogP contribution in [0.15, 0.2) is 10.7 Å². The number of pyridine rings is 1. The van der Waals surface area contributed by atoms with Gasteiger partial charge in [0.25, 0.3) is 6.43 Å². The third kappa shape index (κ3) is 2.01. The van der Waals surface area contributed by atoms with Gasteiger partial charge in [0.1, 0.15) is 0 Å². The molecule has 0 spiro atoms. The zero-order valence-electron chi connectivity index (χ0n) is 7.43. The van der Waals surface area contributed by atoms with E-state index < -0.39 is 6.43 Å². The smallest absolute Gasteiger partial charge is 0.265 e. The van der Waals surface area contributed by atoms with Gasteiger partial charge in [-0.1, -0.05) is 0 Å². The molecule has 78 valence electrons.